The zero-order valence-corrected chi connectivity index (χ0v) is 12.3. The van der Waals surface area contributed by atoms with Gasteiger partial charge in [-0.25, -0.2) is 30.7 Å². The number of nitrogens with one attached hydrogen (secondary N) is 2. The van der Waals surface area contributed by atoms with Crippen molar-refractivity contribution in [2.45, 2.75) is 23.8 Å². The predicted molar refractivity (Wildman–Crippen MR) is 69.7 cm³/mol. The molecule has 0 aliphatic heterocycles. The van der Waals surface area contributed by atoms with Gasteiger partial charge >= 0.3 is 0 Å². The third kappa shape index (κ3) is 4.29. The van der Waals surface area contributed by atoms with Gasteiger partial charge in [-0.2, -0.15) is 0 Å². The number of rotatable bonds is 6. The van der Waals surface area contributed by atoms with Crippen LogP contribution in [0.5, 0.6) is 0 Å². The lowest BCUT2D eigenvalue weighted by Gasteiger charge is -2.10. The average molecular weight is 349 g/mol. The molecule has 0 saturated heterocycles. The highest BCUT2D eigenvalue weighted by molar-refractivity contribution is 7.89. The summed E-state index contributed by atoms with van der Waals surface area (Å²) in [6.07, 6.45) is 1.98. The third-order valence-corrected chi connectivity index (χ3v) is 4.25. The Hall–Kier alpha value is -0.900. The highest BCUT2D eigenvalue weighted by Gasteiger charge is 2.29. The number of hydrogen-bond acceptors (Lipinski definition) is 3. The van der Waals surface area contributed by atoms with Crippen molar-refractivity contribution in [3.8, 4) is 0 Å². The minimum absolute atomic E-state index is 0. The van der Waals surface area contributed by atoms with E-state index in [0.29, 0.717) is 6.04 Å². The Morgan fingerprint density at radius 1 is 1.05 bits per heavy atom. The van der Waals surface area contributed by atoms with Gasteiger partial charge in [0.05, 0.1) is 0 Å². The summed E-state index contributed by atoms with van der Waals surface area (Å²) in [6, 6.07) is 0.290. The van der Waals surface area contributed by atoms with Crippen molar-refractivity contribution < 1.29 is 26.0 Å². The van der Waals surface area contributed by atoms with Gasteiger partial charge in [0.15, 0.2) is 28.2 Å². The van der Waals surface area contributed by atoms with E-state index in [9.17, 15) is 26.0 Å². The molecule has 1 saturated carbocycles. The van der Waals surface area contributed by atoms with Crippen molar-refractivity contribution in [1.29, 1.82) is 0 Å². The first-order valence-electron chi connectivity index (χ1n) is 5.89. The molecule has 21 heavy (non-hydrogen) atoms. The summed E-state index contributed by atoms with van der Waals surface area (Å²) < 4.78 is 77.9. The molecular weight excluding hydrogens is 336 g/mol. The van der Waals surface area contributed by atoms with E-state index in [0.717, 1.165) is 12.8 Å². The summed E-state index contributed by atoms with van der Waals surface area (Å²) in [5.74, 6) is -7.40. The molecule has 0 aromatic heterocycles. The normalized spacial score (nSPS) is 14.9. The van der Waals surface area contributed by atoms with Crippen LogP contribution in [0.2, 0.25) is 0 Å². The molecule has 0 radical (unpaired) electrons. The largest absolute Gasteiger partial charge is 0.313 e. The van der Waals surface area contributed by atoms with Gasteiger partial charge in [0, 0.05) is 25.2 Å². The monoisotopic (exact) mass is 348 g/mol. The van der Waals surface area contributed by atoms with Crippen LogP contribution in [0, 0.1) is 23.3 Å². The molecule has 0 amide bonds. The highest BCUT2D eigenvalue weighted by Crippen LogP contribution is 2.23. The first kappa shape index (κ1) is 18.1. The van der Waals surface area contributed by atoms with Gasteiger partial charge in [-0.15, -0.1) is 12.4 Å². The van der Waals surface area contributed by atoms with E-state index in [1.807, 2.05) is 4.72 Å². The van der Waals surface area contributed by atoms with Gasteiger partial charge in [-0.1, -0.05) is 0 Å². The number of halogens is 5. The molecule has 0 bridgehead atoms. The van der Waals surface area contributed by atoms with Crippen LogP contribution in [0.25, 0.3) is 0 Å². The van der Waals surface area contributed by atoms with Crippen LogP contribution in [0.3, 0.4) is 0 Å². The van der Waals surface area contributed by atoms with Crippen molar-refractivity contribution in [3.63, 3.8) is 0 Å². The first-order valence-corrected chi connectivity index (χ1v) is 7.37. The Labute approximate surface area is 125 Å². The summed E-state index contributed by atoms with van der Waals surface area (Å²) in [5, 5.41) is 2.97. The maximum atomic E-state index is 13.4. The van der Waals surface area contributed by atoms with Gasteiger partial charge in [-0.3, -0.25) is 0 Å². The van der Waals surface area contributed by atoms with Crippen LogP contribution in [-0.4, -0.2) is 27.5 Å². The molecule has 1 aliphatic carbocycles. The van der Waals surface area contributed by atoms with Gasteiger partial charge in [-0.05, 0) is 12.8 Å². The molecule has 2 rings (SSSR count). The van der Waals surface area contributed by atoms with Crippen molar-refractivity contribution in [3.05, 3.63) is 29.3 Å². The standard InChI is InChI=1S/C11H12F4N2O2S.ClH/c12-7-5-8(13)10(15)11(9(7)14)20(18,19)17-4-3-16-6-1-2-6;/h5-6,16-17H,1-4H2;1H. The molecule has 0 spiro atoms. The molecule has 1 fully saturated rings. The maximum absolute atomic E-state index is 13.4. The molecule has 0 atom stereocenters. The zero-order chi connectivity index (χ0) is 14.9. The molecule has 1 aliphatic rings. The minimum Gasteiger partial charge on any atom is -0.313 e. The molecule has 0 heterocycles. The third-order valence-electron chi connectivity index (χ3n) is 2.77. The van der Waals surface area contributed by atoms with E-state index in [-0.39, 0.29) is 31.6 Å². The second-order valence-electron chi connectivity index (χ2n) is 4.42. The Morgan fingerprint density at radius 2 is 1.57 bits per heavy atom. The SMILES string of the molecule is Cl.O=S(=O)(NCCNC1CC1)c1c(F)c(F)cc(F)c1F. The van der Waals surface area contributed by atoms with Crippen LogP contribution < -0.4 is 10.0 Å². The van der Waals surface area contributed by atoms with E-state index in [1.54, 1.807) is 0 Å². The van der Waals surface area contributed by atoms with Crippen molar-refractivity contribution >= 4 is 22.4 Å². The van der Waals surface area contributed by atoms with Crippen molar-refractivity contribution in [1.82, 2.24) is 10.0 Å². The van der Waals surface area contributed by atoms with Crippen LogP contribution in [0.15, 0.2) is 11.0 Å². The molecular formula is C11H13ClF4N2O2S. The Balaban J connectivity index is 0.00000220. The molecule has 120 valence electrons. The first-order chi connectivity index (χ1) is 9.33. The summed E-state index contributed by atoms with van der Waals surface area (Å²) in [6.45, 7) is 0.112. The fraction of sp³-hybridized carbons (Fsp3) is 0.455. The molecule has 0 unspecified atom stereocenters. The average Bonchev–Trinajstić information content (AvgIpc) is 3.16. The number of benzene rings is 1. The lowest BCUT2D eigenvalue weighted by atomic mass is 10.3. The van der Waals surface area contributed by atoms with Gasteiger partial charge in [0.2, 0.25) is 10.0 Å². The lowest BCUT2D eigenvalue weighted by Crippen LogP contribution is -2.33. The van der Waals surface area contributed by atoms with Gasteiger partial charge in [0.25, 0.3) is 0 Å². The van der Waals surface area contributed by atoms with E-state index < -0.39 is 38.2 Å². The second kappa shape index (κ2) is 6.91. The highest BCUT2D eigenvalue weighted by atomic mass is 35.5. The summed E-state index contributed by atoms with van der Waals surface area (Å²) in [7, 11) is -4.66. The number of sulfonamides is 1. The van der Waals surface area contributed by atoms with E-state index in [1.165, 1.54) is 0 Å². The maximum Gasteiger partial charge on any atom is 0.246 e. The summed E-state index contributed by atoms with van der Waals surface area (Å²) in [5.41, 5.74) is 0. The van der Waals surface area contributed by atoms with Gasteiger partial charge in [0.1, 0.15) is 0 Å². The van der Waals surface area contributed by atoms with Gasteiger partial charge < -0.3 is 5.32 Å². The molecule has 1 aromatic carbocycles. The minimum atomic E-state index is -4.66. The molecule has 10 heteroatoms. The Morgan fingerprint density at radius 3 is 2.05 bits per heavy atom. The van der Waals surface area contributed by atoms with Crippen LogP contribution >= 0.6 is 12.4 Å². The fourth-order valence-corrected chi connectivity index (χ4v) is 2.79. The van der Waals surface area contributed by atoms with Crippen molar-refractivity contribution in [2.75, 3.05) is 13.1 Å². The van der Waals surface area contributed by atoms with E-state index in [4.69, 9.17) is 0 Å². The fourth-order valence-electron chi connectivity index (χ4n) is 1.61. The van der Waals surface area contributed by atoms with Crippen LogP contribution in [-0.2, 0) is 10.0 Å². The molecule has 4 nitrogen and oxygen atoms in total. The Kier molecular flexibility index (Phi) is 5.97. The zero-order valence-electron chi connectivity index (χ0n) is 10.6. The second-order valence-corrected chi connectivity index (χ2v) is 6.13. The van der Waals surface area contributed by atoms with Crippen molar-refractivity contribution in [2.24, 2.45) is 0 Å². The predicted octanol–water partition coefficient (Wildman–Crippen LogP) is 1.70. The van der Waals surface area contributed by atoms with Crippen LogP contribution in [0.1, 0.15) is 12.8 Å². The number of hydrogen-bond donors (Lipinski definition) is 2. The van der Waals surface area contributed by atoms with Crippen LogP contribution in [0.4, 0.5) is 17.6 Å². The van der Waals surface area contributed by atoms with E-state index >= 15 is 0 Å². The summed E-state index contributed by atoms with van der Waals surface area (Å²) >= 11 is 0. The van der Waals surface area contributed by atoms with E-state index in [2.05, 4.69) is 5.32 Å². The topological polar surface area (TPSA) is 58.2 Å². The molecule has 1 aromatic rings. The Bertz CT molecular complexity index is 597. The quantitative estimate of drug-likeness (QED) is 0.467. The lowest BCUT2D eigenvalue weighted by molar-refractivity contribution is 0.418. The smallest absolute Gasteiger partial charge is 0.246 e. The summed E-state index contributed by atoms with van der Waals surface area (Å²) in [4.78, 5) is -1.64. The molecule has 2 N–H and O–H groups in total.